The van der Waals surface area contributed by atoms with Gasteiger partial charge < -0.3 is 0 Å². The summed E-state index contributed by atoms with van der Waals surface area (Å²) in [4.78, 5) is 9.29. The van der Waals surface area contributed by atoms with E-state index in [1.165, 1.54) is 0 Å². The Bertz CT molecular complexity index is 38.6. The van der Waals surface area contributed by atoms with Crippen LogP contribution in [0.15, 0.2) is 0 Å². The number of hydrogen-bond donors (Lipinski definition) is 0. The number of halogens is 2. The van der Waals surface area contributed by atoms with E-state index in [1.807, 2.05) is 0 Å². The highest BCUT2D eigenvalue weighted by molar-refractivity contribution is 14.1. The zero-order valence-electron chi connectivity index (χ0n) is 2.19. The first-order chi connectivity index (χ1) is 2.27. The summed E-state index contributed by atoms with van der Waals surface area (Å²) in [5.41, 5.74) is 0. The van der Waals surface area contributed by atoms with Crippen LogP contribution >= 0.6 is 34.6 Å². The molecule has 2 nitrogen and oxygen atoms in total. The summed E-state index contributed by atoms with van der Waals surface area (Å²) >= 11 is 6.55. The number of rotatable bonds is 1. The number of carbonyl (C=O) groups is 1. The summed E-state index contributed by atoms with van der Waals surface area (Å²) in [6.07, 6.45) is 0.502. The minimum absolute atomic E-state index is 0.502. The van der Waals surface area contributed by atoms with Crippen molar-refractivity contribution in [3.8, 4) is 0 Å². The predicted octanol–water partition coefficient (Wildman–Crippen LogP) is 0.949. The van der Waals surface area contributed by atoms with Crippen LogP contribution in [0.4, 0.5) is 0 Å². The van der Waals surface area contributed by atoms with Crippen molar-refractivity contribution in [2.45, 2.75) is 0 Å². The van der Waals surface area contributed by atoms with Crippen LogP contribution in [0.1, 0.15) is 0 Å². The van der Waals surface area contributed by atoms with Gasteiger partial charge in [-0.2, -0.15) is 2.63 Å². The maximum absolute atomic E-state index is 9.29. The van der Waals surface area contributed by atoms with E-state index in [0.29, 0.717) is 6.41 Å². The quantitative estimate of drug-likeness (QED) is 0.354. The van der Waals surface area contributed by atoms with Gasteiger partial charge >= 0.3 is 0 Å². The minimum Gasteiger partial charge on any atom is -0.277 e. The Balaban J connectivity index is 2.83. The molecule has 0 radical (unpaired) electrons. The summed E-state index contributed by atoms with van der Waals surface area (Å²) in [5, 5.41) is 0. The molecule has 0 aromatic rings. The largest absolute Gasteiger partial charge is 0.277 e. The van der Waals surface area contributed by atoms with Crippen molar-refractivity contribution >= 4 is 41.1 Å². The molecule has 0 N–H and O–H groups in total. The molecule has 0 saturated heterocycles. The molecule has 0 fully saturated rings. The Kier molecular flexibility index (Phi) is 2.98. The second-order valence-corrected chi connectivity index (χ2v) is 2.34. The SMILES string of the molecule is O=CN(Cl)I. The molecule has 0 aliphatic carbocycles. The fourth-order valence-electron chi connectivity index (χ4n) is 0. The van der Waals surface area contributed by atoms with E-state index in [-0.39, 0.29) is 0 Å². The van der Waals surface area contributed by atoms with Crippen molar-refractivity contribution in [1.82, 2.24) is 2.63 Å². The number of carbonyl (C=O) groups excluding carboxylic acids is 1. The van der Waals surface area contributed by atoms with Gasteiger partial charge in [-0.1, -0.05) is 0 Å². The van der Waals surface area contributed by atoms with Gasteiger partial charge in [0.1, 0.15) is 0 Å². The number of amides is 1. The molecular formula is CHClINO. The molecule has 0 aliphatic heterocycles. The maximum atomic E-state index is 9.29. The zero-order chi connectivity index (χ0) is 4.28. The first kappa shape index (κ1) is 5.49. The topological polar surface area (TPSA) is 20.3 Å². The lowest BCUT2D eigenvalue weighted by Gasteiger charge is -1.83. The summed E-state index contributed by atoms with van der Waals surface area (Å²) in [6, 6.07) is 0. The average molecular weight is 205 g/mol. The zero-order valence-corrected chi connectivity index (χ0v) is 5.10. The van der Waals surface area contributed by atoms with Gasteiger partial charge in [-0.25, -0.2) is 0 Å². The minimum atomic E-state index is 0.502. The fourth-order valence-corrected chi connectivity index (χ4v) is 0. The molecule has 0 aromatic carbocycles. The molecule has 0 saturated carbocycles. The van der Waals surface area contributed by atoms with Gasteiger partial charge in [0.2, 0.25) is 6.41 Å². The van der Waals surface area contributed by atoms with E-state index in [2.05, 4.69) is 0 Å². The molecule has 0 heterocycles. The van der Waals surface area contributed by atoms with E-state index >= 15 is 0 Å². The average Bonchev–Trinajstić information content (AvgIpc) is 1.38. The molecule has 1 amide bonds. The fraction of sp³-hybridized carbons (Fsp3) is 0. The van der Waals surface area contributed by atoms with Gasteiger partial charge in [-0.05, 0) is 0 Å². The standard InChI is InChI=1S/CHClINO/c2-4(3)1-5/h1H. The molecule has 30 valence electrons. The molecule has 0 spiro atoms. The van der Waals surface area contributed by atoms with Gasteiger partial charge in [-0.15, -0.1) is 0 Å². The molecule has 0 aromatic heterocycles. The van der Waals surface area contributed by atoms with Crippen molar-refractivity contribution in [2.24, 2.45) is 0 Å². The predicted molar refractivity (Wildman–Crippen MR) is 27.8 cm³/mol. The van der Waals surface area contributed by atoms with Crippen LogP contribution in [0.3, 0.4) is 0 Å². The van der Waals surface area contributed by atoms with Crippen molar-refractivity contribution in [3.63, 3.8) is 0 Å². The van der Waals surface area contributed by atoms with Gasteiger partial charge in [0.15, 0.2) is 0 Å². The number of nitrogens with zero attached hydrogens (tertiary/aromatic N) is 1. The van der Waals surface area contributed by atoms with E-state index in [4.69, 9.17) is 11.8 Å². The normalized spacial score (nSPS) is 6.80. The molecule has 5 heavy (non-hydrogen) atoms. The molecule has 0 bridgehead atoms. The second kappa shape index (κ2) is 2.71. The molecule has 0 rings (SSSR count). The van der Waals surface area contributed by atoms with Crippen LogP contribution in [0.5, 0.6) is 0 Å². The number of hydrogen-bond acceptors (Lipinski definition) is 1. The summed E-state index contributed by atoms with van der Waals surface area (Å²) in [5.74, 6) is 0. The molecular weight excluding hydrogens is 204 g/mol. The smallest absolute Gasteiger partial charge is 0.233 e. The van der Waals surface area contributed by atoms with Gasteiger partial charge in [0.05, 0.1) is 22.9 Å². The summed E-state index contributed by atoms with van der Waals surface area (Å²) < 4.78 is 0.887. The highest BCUT2D eigenvalue weighted by atomic mass is 127. The Morgan fingerprint density at radius 2 is 2.20 bits per heavy atom. The van der Waals surface area contributed by atoms with E-state index in [1.54, 1.807) is 22.9 Å². The first-order valence-electron chi connectivity index (χ1n) is 0.832. The van der Waals surface area contributed by atoms with Crippen LogP contribution in [0.2, 0.25) is 0 Å². The van der Waals surface area contributed by atoms with Crippen molar-refractivity contribution in [3.05, 3.63) is 0 Å². The summed E-state index contributed by atoms with van der Waals surface area (Å²) in [7, 11) is 0. The van der Waals surface area contributed by atoms with Crippen molar-refractivity contribution in [1.29, 1.82) is 0 Å². The Labute approximate surface area is 48.7 Å². The third-order valence-electron chi connectivity index (χ3n) is 0.0797. The van der Waals surface area contributed by atoms with Gasteiger partial charge in [0, 0.05) is 11.8 Å². The monoisotopic (exact) mass is 205 g/mol. The Morgan fingerprint density at radius 1 is 2.00 bits per heavy atom. The van der Waals surface area contributed by atoms with Crippen LogP contribution in [0.25, 0.3) is 0 Å². The lowest BCUT2D eigenvalue weighted by atomic mass is 11.5. The molecule has 0 aliphatic rings. The Hall–Kier alpha value is 0.490. The van der Waals surface area contributed by atoms with E-state index in [0.717, 1.165) is 2.63 Å². The van der Waals surface area contributed by atoms with E-state index in [9.17, 15) is 4.79 Å². The third-order valence-corrected chi connectivity index (χ3v) is 0.387. The van der Waals surface area contributed by atoms with Crippen LogP contribution < -0.4 is 0 Å². The van der Waals surface area contributed by atoms with Crippen molar-refractivity contribution in [2.75, 3.05) is 0 Å². The first-order valence-corrected chi connectivity index (χ1v) is 2.13. The van der Waals surface area contributed by atoms with E-state index < -0.39 is 0 Å². The van der Waals surface area contributed by atoms with Crippen LogP contribution in [-0.4, -0.2) is 9.04 Å². The molecule has 0 atom stereocenters. The van der Waals surface area contributed by atoms with Gasteiger partial charge in [0.25, 0.3) is 0 Å². The van der Waals surface area contributed by atoms with Crippen molar-refractivity contribution < 1.29 is 4.79 Å². The van der Waals surface area contributed by atoms with Gasteiger partial charge in [-0.3, -0.25) is 4.79 Å². The highest BCUT2D eigenvalue weighted by Crippen LogP contribution is 1.94. The molecule has 0 unspecified atom stereocenters. The second-order valence-electron chi connectivity index (χ2n) is 0.364. The van der Waals surface area contributed by atoms with Crippen LogP contribution in [-0.2, 0) is 4.79 Å². The third kappa shape index (κ3) is 4.49. The summed E-state index contributed by atoms with van der Waals surface area (Å²) in [6.45, 7) is 0. The lowest BCUT2D eigenvalue weighted by molar-refractivity contribution is -0.110. The molecule has 4 heteroatoms. The highest BCUT2D eigenvalue weighted by Gasteiger charge is 1.76. The lowest BCUT2D eigenvalue weighted by Crippen LogP contribution is -1.85. The Morgan fingerprint density at radius 3 is 2.20 bits per heavy atom. The van der Waals surface area contributed by atoms with Crippen LogP contribution in [0, 0.1) is 0 Å². The maximum Gasteiger partial charge on any atom is 0.233 e.